The first-order valence-electron chi connectivity index (χ1n) is 19.0. The van der Waals surface area contributed by atoms with Crippen LogP contribution in [0.2, 0.25) is 0 Å². The highest BCUT2D eigenvalue weighted by atomic mass is 15.1. The van der Waals surface area contributed by atoms with E-state index in [4.69, 9.17) is 9.97 Å². The molecule has 0 unspecified atom stereocenters. The minimum absolute atomic E-state index is 0.644. The van der Waals surface area contributed by atoms with Gasteiger partial charge in [-0.25, -0.2) is 9.97 Å². The number of aromatic nitrogens is 4. The van der Waals surface area contributed by atoms with Gasteiger partial charge in [-0.1, -0.05) is 133 Å². The number of hydrogen-bond acceptors (Lipinski definition) is 2. The maximum atomic E-state index is 5.01. The first-order chi connectivity index (χ1) is 27.8. The molecule has 4 heteroatoms. The van der Waals surface area contributed by atoms with E-state index in [1.807, 2.05) is 12.4 Å². The van der Waals surface area contributed by atoms with E-state index in [2.05, 4.69) is 203 Å². The van der Waals surface area contributed by atoms with E-state index in [-0.39, 0.29) is 0 Å². The fraction of sp³-hybridized carbons (Fsp3) is 0. The maximum absolute atomic E-state index is 5.01. The lowest BCUT2D eigenvalue weighted by Crippen LogP contribution is -2.00. The maximum Gasteiger partial charge on any atom is 0.234 e. The van der Waals surface area contributed by atoms with Gasteiger partial charge in [-0.2, -0.15) is 0 Å². The average Bonchev–Trinajstić information content (AvgIpc) is 3.80. The Bertz CT molecular complexity index is 3100. The van der Waals surface area contributed by atoms with Crippen LogP contribution in [0.5, 0.6) is 0 Å². The van der Waals surface area contributed by atoms with Crippen LogP contribution in [0.4, 0.5) is 0 Å². The van der Waals surface area contributed by atoms with Crippen molar-refractivity contribution in [3.05, 3.63) is 207 Å². The van der Waals surface area contributed by atoms with Gasteiger partial charge < -0.3 is 4.57 Å². The second-order valence-corrected chi connectivity index (χ2v) is 14.3. The second kappa shape index (κ2) is 13.1. The van der Waals surface area contributed by atoms with E-state index in [0.717, 1.165) is 44.5 Å². The summed E-state index contributed by atoms with van der Waals surface area (Å²) in [5.74, 6) is 0.644. The van der Waals surface area contributed by atoms with Crippen LogP contribution < -0.4 is 0 Å². The quantitative estimate of drug-likeness (QED) is 0.172. The number of rotatable bonds is 6. The van der Waals surface area contributed by atoms with E-state index >= 15 is 0 Å². The fourth-order valence-corrected chi connectivity index (χ4v) is 8.35. The van der Waals surface area contributed by atoms with Crippen LogP contribution >= 0.6 is 0 Å². The van der Waals surface area contributed by atoms with Gasteiger partial charge in [0.15, 0.2) is 0 Å². The van der Waals surface area contributed by atoms with Crippen molar-refractivity contribution in [2.45, 2.75) is 0 Å². The summed E-state index contributed by atoms with van der Waals surface area (Å²) in [5, 5.41) is 4.87. The molecular weight excluding hydrogens is 681 g/mol. The number of para-hydroxylation sites is 3. The van der Waals surface area contributed by atoms with Crippen molar-refractivity contribution in [1.82, 2.24) is 19.1 Å². The smallest absolute Gasteiger partial charge is 0.234 e. The van der Waals surface area contributed by atoms with Crippen molar-refractivity contribution in [2.24, 2.45) is 0 Å². The first-order valence-corrected chi connectivity index (χ1v) is 19.0. The van der Waals surface area contributed by atoms with Gasteiger partial charge in [0, 0.05) is 45.2 Å². The largest absolute Gasteiger partial charge is 0.309 e. The van der Waals surface area contributed by atoms with Gasteiger partial charge in [0.25, 0.3) is 0 Å². The Labute approximate surface area is 324 Å². The second-order valence-electron chi connectivity index (χ2n) is 14.3. The molecule has 0 saturated carbocycles. The summed E-state index contributed by atoms with van der Waals surface area (Å²) in [6.45, 7) is 0. The zero-order valence-corrected chi connectivity index (χ0v) is 30.4. The third-order valence-electron chi connectivity index (χ3n) is 11.0. The van der Waals surface area contributed by atoms with Gasteiger partial charge in [-0.05, 0) is 99.6 Å². The van der Waals surface area contributed by atoms with Gasteiger partial charge >= 0.3 is 0 Å². The summed E-state index contributed by atoms with van der Waals surface area (Å²) in [4.78, 5) is 10.0. The summed E-state index contributed by atoms with van der Waals surface area (Å²) in [6, 6.07) is 69.3. The summed E-state index contributed by atoms with van der Waals surface area (Å²) in [7, 11) is 0. The standard InChI is InChI=1S/C52H34N4/c1-3-13-35(14-4-1)39-29-40(36-15-5-2-6-16-36)31-41(30-39)42-33-53-52(54-34-42)56-50-22-12-9-19-46(50)47-32-38(25-28-51(47)56)37-23-26-43(27-24-37)55-48-20-10-7-17-44(48)45-18-8-11-21-49(45)55/h1-34H. The molecular formula is C52H34N4. The lowest BCUT2D eigenvalue weighted by Gasteiger charge is -2.12. The summed E-state index contributed by atoms with van der Waals surface area (Å²) >= 11 is 0. The van der Waals surface area contributed by atoms with Crippen LogP contribution in [0.15, 0.2) is 207 Å². The molecule has 3 heterocycles. The molecule has 0 N–H and O–H groups in total. The minimum Gasteiger partial charge on any atom is -0.309 e. The van der Waals surface area contributed by atoms with Gasteiger partial charge in [-0.3, -0.25) is 4.57 Å². The number of hydrogen-bond donors (Lipinski definition) is 0. The van der Waals surface area contributed by atoms with Gasteiger partial charge in [-0.15, -0.1) is 0 Å². The molecule has 262 valence electrons. The van der Waals surface area contributed by atoms with Crippen molar-refractivity contribution >= 4 is 43.6 Å². The van der Waals surface area contributed by atoms with Crippen LogP contribution in [0, 0.1) is 0 Å². The molecule has 11 rings (SSSR count). The molecule has 3 aromatic heterocycles. The third kappa shape index (κ3) is 5.31. The molecule has 0 spiro atoms. The lowest BCUT2D eigenvalue weighted by atomic mass is 9.94. The molecule has 0 bridgehead atoms. The summed E-state index contributed by atoms with van der Waals surface area (Å²) in [6.07, 6.45) is 3.91. The Morgan fingerprint density at radius 2 is 0.679 bits per heavy atom. The lowest BCUT2D eigenvalue weighted by molar-refractivity contribution is 0.990. The average molecular weight is 715 g/mol. The SMILES string of the molecule is c1ccc(-c2cc(-c3ccccc3)cc(-c3cnc(-n4c5ccccc5c5cc(-c6ccc(-n7c8ccccc8c8ccccc87)cc6)ccc54)nc3)c2)cc1. The van der Waals surface area contributed by atoms with Crippen molar-refractivity contribution in [3.63, 3.8) is 0 Å². The fourth-order valence-electron chi connectivity index (χ4n) is 8.35. The normalized spacial score (nSPS) is 11.6. The van der Waals surface area contributed by atoms with E-state index in [0.29, 0.717) is 5.95 Å². The molecule has 0 saturated heterocycles. The molecule has 4 nitrogen and oxygen atoms in total. The van der Waals surface area contributed by atoms with Gasteiger partial charge in [0.2, 0.25) is 5.95 Å². The Morgan fingerprint density at radius 3 is 1.23 bits per heavy atom. The monoisotopic (exact) mass is 714 g/mol. The Hall–Kier alpha value is -7.56. The predicted octanol–water partition coefficient (Wildman–Crippen LogP) is 13.3. The van der Waals surface area contributed by atoms with E-state index in [1.54, 1.807) is 0 Å². The number of benzene rings is 8. The molecule has 0 amide bonds. The predicted molar refractivity (Wildman–Crippen MR) is 232 cm³/mol. The van der Waals surface area contributed by atoms with Crippen LogP contribution in [0.25, 0.3) is 99.8 Å². The van der Waals surface area contributed by atoms with Gasteiger partial charge in [0.1, 0.15) is 0 Å². The first kappa shape index (κ1) is 31.9. The van der Waals surface area contributed by atoms with Crippen LogP contribution in [-0.2, 0) is 0 Å². The molecule has 56 heavy (non-hydrogen) atoms. The third-order valence-corrected chi connectivity index (χ3v) is 11.0. The Kier molecular flexibility index (Phi) is 7.46. The topological polar surface area (TPSA) is 35.6 Å². The van der Waals surface area contributed by atoms with Crippen LogP contribution in [0.1, 0.15) is 0 Å². The van der Waals surface area contributed by atoms with Crippen molar-refractivity contribution in [2.75, 3.05) is 0 Å². The molecule has 0 aliphatic rings. The highest BCUT2D eigenvalue weighted by Crippen LogP contribution is 2.37. The van der Waals surface area contributed by atoms with Crippen molar-refractivity contribution < 1.29 is 0 Å². The number of nitrogens with zero attached hydrogens (tertiary/aromatic N) is 4. The Balaban J connectivity index is 0.971. The summed E-state index contributed by atoms with van der Waals surface area (Å²) < 4.78 is 4.54. The molecule has 0 fully saturated rings. The molecule has 0 aliphatic carbocycles. The zero-order chi connectivity index (χ0) is 37.0. The molecule has 11 aromatic rings. The molecule has 0 atom stereocenters. The van der Waals surface area contributed by atoms with Crippen molar-refractivity contribution in [1.29, 1.82) is 0 Å². The Morgan fingerprint density at radius 1 is 0.268 bits per heavy atom. The summed E-state index contributed by atoms with van der Waals surface area (Å²) in [5.41, 5.74) is 14.8. The molecule has 0 aliphatic heterocycles. The van der Waals surface area contributed by atoms with Gasteiger partial charge in [0.05, 0.1) is 22.1 Å². The van der Waals surface area contributed by atoms with E-state index < -0.39 is 0 Å². The van der Waals surface area contributed by atoms with E-state index in [1.165, 1.54) is 49.3 Å². The number of fused-ring (bicyclic) bond motifs is 6. The highest BCUT2D eigenvalue weighted by molar-refractivity contribution is 6.11. The highest BCUT2D eigenvalue weighted by Gasteiger charge is 2.17. The molecule has 8 aromatic carbocycles. The van der Waals surface area contributed by atoms with Crippen LogP contribution in [0.3, 0.4) is 0 Å². The zero-order valence-electron chi connectivity index (χ0n) is 30.4. The van der Waals surface area contributed by atoms with Crippen molar-refractivity contribution in [3.8, 4) is 56.1 Å². The van der Waals surface area contributed by atoms with E-state index in [9.17, 15) is 0 Å². The van der Waals surface area contributed by atoms with Crippen LogP contribution in [-0.4, -0.2) is 19.1 Å². The minimum atomic E-state index is 0.644. The molecule has 0 radical (unpaired) electrons.